The van der Waals surface area contributed by atoms with Gasteiger partial charge in [-0.25, -0.2) is 0 Å². The molecule has 2 fully saturated rings. The zero-order valence-corrected chi connectivity index (χ0v) is 17.7. The normalized spacial score (nSPS) is 23.3. The van der Waals surface area contributed by atoms with Gasteiger partial charge in [-0.1, -0.05) is 6.07 Å². The van der Waals surface area contributed by atoms with E-state index in [1.165, 1.54) is 4.57 Å². The van der Waals surface area contributed by atoms with Crippen molar-refractivity contribution < 1.29 is 5.11 Å². The zero-order valence-electron chi connectivity index (χ0n) is 17.7. The second kappa shape index (κ2) is 7.18. The Morgan fingerprint density at radius 2 is 1.90 bits per heavy atom. The Kier molecular flexibility index (Phi) is 4.56. The van der Waals surface area contributed by atoms with E-state index in [-0.39, 0.29) is 16.8 Å². The molecule has 2 atom stereocenters. The first kappa shape index (κ1) is 19.7. The van der Waals surface area contributed by atoms with Crippen molar-refractivity contribution in [1.29, 1.82) is 0 Å². The lowest BCUT2D eigenvalue weighted by Crippen LogP contribution is -2.49. The summed E-state index contributed by atoms with van der Waals surface area (Å²) in [6.45, 7) is 2.65. The third-order valence-corrected chi connectivity index (χ3v) is 6.69. The summed E-state index contributed by atoms with van der Waals surface area (Å²) in [5.41, 5.74) is 9.04. The minimum Gasteiger partial charge on any atom is -0.507 e. The summed E-state index contributed by atoms with van der Waals surface area (Å²) < 4.78 is 1.51. The van der Waals surface area contributed by atoms with Crippen LogP contribution in [-0.2, 0) is 7.05 Å². The molecule has 0 amide bonds. The van der Waals surface area contributed by atoms with Crippen LogP contribution in [0.3, 0.4) is 0 Å². The number of nitrogens with zero attached hydrogens (tertiary/aromatic N) is 5. The smallest absolute Gasteiger partial charge is 0.250 e. The summed E-state index contributed by atoms with van der Waals surface area (Å²) in [6, 6.07) is 12.9. The van der Waals surface area contributed by atoms with Gasteiger partial charge in [0, 0.05) is 50.6 Å². The maximum Gasteiger partial charge on any atom is 0.250 e. The number of aromatic nitrogens is 3. The van der Waals surface area contributed by atoms with E-state index in [1.54, 1.807) is 31.4 Å². The van der Waals surface area contributed by atoms with Gasteiger partial charge in [-0.05, 0) is 54.9 Å². The second-order valence-electron chi connectivity index (χ2n) is 8.73. The van der Waals surface area contributed by atoms with Gasteiger partial charge in [0.2, 0.25) is 0 Å². The number of fused-ring (bicyclic) bond motifs is 1. The average molecular weight is 419 g/mol. The Hall–Kier alpha value is -3.23. The number of phenolic OH excluding ortho intramolecular Hbond substituents is 1. The molecule has 3 aromatic rings. The van der Waals surface area contributed by atoms with Crippen LogP contribution in [0.5, 0.6) is 5.75 Å². The van der Waals surface area contributed by atoms with E-state index in [9.17, 15) is 9.90 Å². The maximum atomic E-state index is 11.9. The zero-order chi connectivity index (χ0) is 21.8. The fourth-order valence-corrected chi connectivity index (χ4v) is 4.75. The lowest BCUT2D eigenvalue weighted by atomic mass is 9.95. The van der Waals surface area contributed by atoms with Gasteiger partial charge in [0.1, 0.15) is 5.75 Å². The quantitative estimate of drug-likeness (QED) is 0.664. The molecule has 2 saturated heterocycles. The number of likely N-dealkylation sites (N-methyl/N-ethyl adjacent to an activating group) is 1. The van der Waals surface area contributed by atoms with Crippen LogP contribution >= 0.6 is 0 Å². The fourth-order valence-electron chi connectivity index (χ4n) is 4.75. The first-order chi connectivity index (χ1) is 14.8. The SMILES string of the molecule is CN1CC[C@]2(N)CN(c3ccc(-c4ccc(-c5ccn(C)c(=O)c5)cc4O)nn3)C[C@H]12. The summed E-state index contributed by atoms with van der Waals surface area (Å²) >= 11 is 0. The highest BCUT2D eigenvalue weighted by molar-refractivity contribution is 5.74. The van der Waals surface area contributed by atoms with Gasteiger partial charge in [0.15, 0.2) is 5.82 Å². The summed E-state index contributed by atoms with van der Waals surface area (Å²) in [6.07, 6.45) is 2.70. The molecule has 1 aromatic carbocycles. The van der Waals surface area contributed by atoms with E-state index in [1.807, 2.05) is 24.3 Å². The van der Waals surface area contributed by atoms with Crippen molar-refractivity contribution in [2.24, 2.45) is 12.8 Å². The van der Waals surface area contributed by atoms with Gasteiger partial charge in [0.25, 0.3) is 5.56 Å². The van der Waals surface area contributed by atoms with E-state index in [2.05, 4.69) is 27.0 Å². The molecule has 4 heterocycles. The van der Waals surface area contributed by atoms with E-state index >= 15 is 0 Å². The Labute approximate surface area is 180 Å². The number of aromatic hydroxyl groups is 1. The highest BCUT2D eigenvalue weighted by atomic mass is 16.3. The predicted molar refractivity (Wildman–Crippen MR) is 120 cm³/mol. The first-order valence-corrected chi connectivity index (χ1v) is 10.4. The minimum atomic E-state index is -0.193. The van der Waals surface area contributed by atoms with Crippen LogP contribution in [0.2, 0.25) is 0 Å². The Bertz CT molecular complexity index is 1190. The standard InChI is InChI=1S/C23H26N6O2/c1-27-10-8-23(24)14-29(13-20(23)27)21-6-5-18(25-26-21)17-4-3-15(11-19(17)30)16-7-9-28(2)22(31)12-16/h3-7,9,11-12,20,30H,8,10,13-14,24H2,1-2H3/t20-,23-/m0/s1. The lowest BCUT2D eigenvalue weighted by molar-refractivity contribution is 0.292. The molecule has 0 spiro atoms. The highest BCUT2D eigenvalue weighted by Crippen LogP contribution is 2.35. The topological polar surface area (TPSA) is 101 Å². The van der Waals surface area contributed by atoms with Crippen molar-refractivity contribution in [1.82, 2.24) is 19.7 Å². The molecule has 8 heteroatoms. The molecule has 2 aliphatic heterocycles. The fraction of sp³-hybridized carbons (Fsp3) is 0.348. The van der Waals surface area contributed by atoms with Crippen molar-refractivity contribution in [2.45, 2.75) is 18.0 Å². The van der Waals surface area contributed by atoms with Crippen LogP contribution in [-0.4, -0.2) is 63.0 Å². The van der Waals surface area contributed by atoms with E-state index in [0.29, 0.717) is 17.3 Å². The summed E-state index contributed by atoms with van der Waals surface area (Å²) in [7, 11) is 3.83. The number of anilines is 1. The summed E-state index contributed by atoms with van der Waals surface area (Å²) in [5.74, 6) is 0.895. The van der Waals surface area contributed by atoms with Crippen LogP contribution in [0.4, 0.5) is 5.82 Å². The van der Waals surface area contributed by atoms with E-state index < -0.39 is 0 Å². The molecule has 2 aliphatic rings. The number of rotatable bonds is 3. The molecule has 5 rings (SSSR count). The minimum absolute atomic E-state index is 0.0958. The largest absolute Gasteiger partial charge is 0.507 e. The molecule has 8 nitrogen and oxygen atoms in total. The van der Waals surface area contributed by atoms with Gasteiger partial charge in [-0.3, -0.25) is 9.69 Å². The Morgan fingerprint density at radius 1 is 1.10 bits per heavy atom. The van der Waals surface area contributed by atoms with Crippen LogP contribution < -0.4 is 16.2 Å². The average Bonchev–Trinajstić information content (AvgIpc) is 3.25. The van der Waals surface area contributed by atoms with Crippen LogP contribution in [0.1, 0.15) is 6.42 Å². The van der Waals surface area contributed by atoms with Crippen LogP contribution in [0.15, 0.2) is 53.5 Å². The molecule has 0 radical (unpaired) electrons. The Balaban J connectivity index is 1.38. The summed E-state index contributed by atoms with van der Waals surface area (Å²) in [4.78, 5) is 16.4. The van der Waals surface area contributed by atoms with Gasteiger partial charge in [0.05, 0.1) is 11.2 Å². The molecule has 0 bridgehead atoms. The van der Waals surface area contributed by atoms with Crippen molar-refractivity contribution >= 4 is 5.82 Å². The molecule has 0 saturated carbocycles. The molecule has 160 valence electrons. The molecule has 0 unspecified atom stereocenters. The summed E-state index contributed by atoms with van der Waals surface area (Å²) in [5, 5.41) is 19.4. The molecular formula is C23H26N6O2. The van der Waals surface area contributed by atoms with Crippen LogP contribution in [0.25, 0.3) is 22.4 Å². The van der Waals surface area contributed by atoms with Gasteiger partial charge < -0.3 is 20.3 Å². The Morgan fingerprint density at radius 3 is 2.58 bits per heavy atom. The molecule has 3 N–H and O–H groups in total. The third kappa shape index (κ3) is 3.37. The number of nitrogens with two attached hydrogens (primary N) is 1. The highest BCUT2D eigenvalue weighted by Gasteiger charge is 2.49. The number of benzene rings is 1. The van der Waals surface area contributed by atoms with Gasteiger partial charge in [-0.15, -0.1) is 10.2 Å². The molecule has 31 heavy (non-hydrogen) atoms. The molecule has 2 aromatic heterocycles. The van der Waals surface area contributed by atoms with Gasteiger partial charge >= 0.3 is 0 Å². The number of hydrogen-bond acceptors (Lipinski definition) is 7. The van der Waals surface area contributed by atoms with Crippen molar-refractivity contribution in [2.75, 3.05) is 31.6 Å². The number of aryl methyl sites for hydroxylation is 1. The van der Waals surface area contributed by atoms with Crippen molar-refractivity contribution in [3.8, 4) is 28.1 Å². The molecular weight excluding hydrogens is 392 g/mol. The third-order valence-electron chi connectivity index (χ3n) is 6.69. The predicted octanol–water partition coefficient (Wildman–Crippen LogP) is 1.44. The van der Waals surface area contributed by atoms with Crippen molar-refractivity contribution in [3.05, 3.63) is 59.0 Å². The monoisotopic (exact) mass is 418 g/mol. The lowest BCUT2D eigenvalue weighted by Gasteiger charge is -2.24. The first-order valence-electron chi connectivity index (χ1n) is 10.4. The number of pyridine rings is 1. The van der Waals surface area contributed by atoms with Crippen molar-refractivity contribution in [3.63, 3.8) is 0 Å². The molecule has 0 aliphatic carbocycles. The maximum absolute atomic E-state index is 11.9. The van der Waals surface area contributed by atoms with E-state index in [4.69, 9.17) is 5.73 Å². The number of likely N-dealkylation sites (tertiary alicyclic amines) is 1. The van der Waals surface area contributed by atoms with Gasteiger partial charge in [-0.2, -0.15) is 0 Å². The number of phenols is 1. The number of hydrogen-bond donors (Lipinski definition) is 2. The second-order valence-corrected chi connectivity index (χ2v) is 8.73. The van der Waals surface area contributed by atoms with E-state index in [0.717, 1.165) is 43.0 Å². The van der Waals surface area contributed by atoms with Crippen LogP contribution in [0, 0.1) is 0 Å².